The minimum atomic E-state index is -0.458. The van der Waals surface area contributed by atoms with Crippen LogP contribution in [-0.4, -0.2) is 71.5 Å². The molecule has 0 atom stereocenters. The summed E-state index contributed by atoms with van der Waals surface area (Å²) in [6, 6.07) is 40.3. The number of halogens is 1. The number of phenols is 2. The first-order valence-electron chi connectivity index (χ1n) is 23.7. The van der Waals surface area contributed by atoms with Crippen molar-refractivity contribution in [1.82, 2.24) is 10.6 Å². The topological polar surface area (TPSA) is 255 Å². The number of carbonyl (C=O) groups is 5. The van der Waals surface area contributed by atoms with Gasteiger partial charge in [-0.25, -0.2) is 0 Å². The minimum absolute atomic E-state index is 0. The summed E-state index contributed by atoms with van der Waals surface area (Å²) in [5.41, 5.74) is 4.96. The molecule has 6 rings (SSSR count). The summed E-state index contributed by atoms with van der Waals surface area (Å²) in [7, 11) is 0. The molecule has 6 aromatic carbocycles. The Morgan fingerprint density at radius 2 is 1.08 bits per heavy atom. The van der Waals surface area contributed by atoms with Gasteiger partial charge in [-0.2, -0.15) is 5.11 Å². The number of hydrogen-bond donors (Lipinski definition) is 4. The number of hydrogen-bond acceptors (Lipinski definition) is 15. The Kier molecular flexibility index (Phi) is 33.9. The van der Waals surface area contributed by atoms with E-state index in [4.69, 9.17) is 24.3 Å². The van der Waals surface area contributed by atoms with E-state index in [2.05, 4.69) is 34.0 Å². The van der Waals surface area contributed by atoms with Crippen molar-refractivity contribution in [3.8, 4) is 23.0 Å². The van der Waals surface area contributed by atoms with E-state index in [-0.39, 0.29) is 108 Å². The number of nitrogens with zero attached hydrogens (tertiary/aromatic N) is 3. The van der Waals surface area contributed by atoms with Crippen LogP contribution in [0, 0.1) is 10.1 Å². The van der Waals surface area contributed by atoms with Crippen molar-refractivity contribution in [2.75, 3.05) is 26.3 Å². The molecule has 0 heterocycles. The summed E-state index contributed by atoms with van der Waals surface area (Å²) in [6.07, 6.45) is 4.18. The van der Waals surface area contributed by atoms with Crippen LogP contribution in [0.25, 0.3) is 0 Å². The second kappa shape index (κ2) is 37.7. The summed E-state index contributed by atoms with van der Waals surface area (Å²) >= 11 is 0. The molecule has 0 saturated heterocycles. The number of phenolic OH excluding ortho intramolecular Hbond substituents is 2. The second-order valence-corrected chi connectivity index (χ2v) is 16.8. The molecule has 0 aliphatic heterocycles. The van der Waals surface area contributed by atoms with Crippen molar-refractivity contribution in [1.29, 1.82) is 0 Å². The van der Waals surface area contributed by atoms with E-state index in [0.717, 1.165) is 28.5 Å². The number of amides is 2. The maximum atomic E-state index is 12.8. The van der Waals surface area contributed by atoms with Crippen molar-refractivity contribution < 1.29 is 78.0 Å². The normalized spacial score (nSPS) is 9.91. The average molecular weight is 1100 g/mol. The Morgan fingerprint density at radius 1 is 0.628 bits per heavy atom. The Bertz CT molecular complexity index is 2860. The molecule has 0 bridgehead atoms. The molecule has 0 aliphatic carbocycles. The minimum Gasteiger partial charge on any atom is -0.507 e. The van der Waals surface area contributed by atoms with E-state index in [0.29, 0.717) is 66.7 Å². The second-order valence-electron chi connectivity index (χ2n) is 16.8. The van der Waals surface area contributed by atoms with Crippen LogP contribution >= 0.6 is 12.4 Å². The zero-order valence-electron chi connectivity index (χ0n) is 44.0. The van der Waals surface area contributed by atoms with Crippen molar-refractivity contribution in [3.63, 3.8) is 0 Å². The maximum absolute atomic E-state index is 12.8. The number of rotatable bonds is 20. The van der Waals surface area contributed by atoms with Gasteiger partial charge in [-0.15, -0.1) is 22.9 Å². The molecular weight excluding hydrogens is 1030 g/mol. The summed E-state index contributed by atoms with van der Waals surface area (Å²) in [6.45, 7) is 18.0. The summed E-state index contributed by atoms with van der Waals surface area (Å²) in [5, 5.41) is 43.2. The largest absolute Gasteiger partial charge is 1.00 e. The van der Waals surface area contributed by atoms with Gasteiger partial charge < -0.3 is 45.2 Å². The molecule has 2 amide bonds. The SMILES string of the molecule is C.C=CC(=O)NCCc1ccc(CC(=O)OC(C)(C)C)cc1.C=CC(=O)NCCc1ccc(N=Nc2cc(C(=O)c3ccccc3)c(O)cc2OCC)cc1.CCOc1ccc(C(=O)c2ccccc2)c(O)c1.Cl.O=N[O-].[Na+]. The maximum Gasteiger partial charge on any atom is 1.00 e. The van der Waals surface area contributed by atoms with Gasteiger partial charge in [0.05, 0.1) is 36.4 Å². The average Bonchev–Trinajstić information content (AvgIpc) is 3.39. The van der Waals surface area contributed by atoms with E-state index in [1.807, 2.05) is 95.3 Å². The van der Waals surface area contributed by atoms with Crippen LogP contribution in [0.5, 0.6) is 23.0 Å². The van der Waals surface area contributed by atoms with Crippen LogP contribution in [0.2, 0.25) is 0 Å². The predicted octanol–water partition coefficient (Wildman–Crippen LogP) is 9.03. The number of aromatic hydroxyl groups is 2. The van der Waals surface area contributed by atoms with Gasteiger partial charge in [-0.3, -0.25) is 24.0 Å². The molecule has 17 nitrogen and oxygen atoms in total. The molecule has 0 saturated carbocycles. The standard InChI is InChI=1S/C26H25N3O4.C17H23NO3.C15H14O3.CH4.ClH.HNO2.Na/c1-3-25(31)27-15-14-18-10-12-20(13-11-18)28-29-22-16-21(23(30)17-24(22)33-4-2)26(32)19-8-6-5-7-9-19;1-5-15(19)18-11-10-13-6-8-14(9-7-13)12-16(20)21-17(2,3)4;1-2-18-12-8-9-13(14(16)10-12)15(17)11-6-4-3-5-7-11;;;2-1-3;/h3,5-13,16-17,30H,1,4,14-15H2,2H3,(H,27,31);5-9H,1,10-12H2,2-4H3,(H,18,19);3-10,16H,2H2,1H3;1H4;1H;(H,2,3);/q;;;;;;+1/p-1. The van der Waals surface area contributed by atoms with E-state index >= 15 is 0 Å². The first kappa shape index (κ1) is 70.0. The molecule has 6 aromatic rings. The molecule has 0 radical (unpaired) electrons. The number of ether oxygens (including phenoxy) is 3. The van der Waals surface area contributed by atoms with Crippen LogP contribution in [0.4, 0.5) is 11.4 Å². The van der Waals surface area contributed by atoms with Crippen LogP contribution < -0.4 is 49.7 Å². The molecule has 78 heavy (non-hydrogen) atoms. The van der Waals surface area contributed by atoms with Gasteiger partial charge in [-0.1, -0.05) is 118 Å². The van der Waals surface area contributed by atoms with Gasteiger partial charge in [0, 0.05) is 36.3 Å². The van der Waals surface area contributed by atoms with Crippen LogP contribution in [0.1, 0.15) is 90.6 Å². The van der Waals surface area contributed by atoms with E-state index in [9.17, 15) is 34.2 Å². The molecule has 408 valence electrons. The van der Waals surface area contributed by atoms with E-state index in [1.165, 1.54) is 30.4 Å². The molecule has 0 unspecified atom stereocenters. The number of esters is 1. The molecule has 0 aliphatic rings. The summed E-state index contributed by atoms with van der Waals surface area (Å²) < 4.78 is 16.1. The molecule has 0 spiro atoms. The van der Waals surface area contributed by atoms with Gasteiger partial charge in [0.25, 0.3) is 0 Å². The van der Waals surface area contributed by atoms with Crippen molar-refractivity contribution >= 4 is 53.1 Å². The number of benzene rings is 6. The smallest absolute Gasteiger partial charge is 0.507 e. The van der Waals surface area contributed by atoms with Crippen LogP contribution in [0.3, 0.4) is 0 Å². The Balaban J connectivity index is 0.00000115. The number of nitrogens with one attached hydrogen (secondary N) is 2. The third-order valence-corrected chi connectivity index (χ3v) is 10.0. The molecule has 0 fully saturated rings. The molecule has 19 heteroatoms. The van der Waals surface area contributed by atoms with E-state index in [1.54, 1.807) is 60.7 Å². The first-order valence-corrected chi connectivity index (χ1v) is 23.7. The quantitative estimate of drug-likeness (QED) is 0.0106. The molecule has 0 aromatic heterocycles. The molecular formula is C59H67ClN5NaO12. The first-order chi connectivity index (χ1) is 35.9. The monoisotopic (exact) mass is 1100 g/mol. The van der Waals surface area contributed by atoms with Crippen LogP contribution in [0.15, 0.2) is 180 Å². The summed E-state index contributed by atoms with van der Waals surface area (Å²) in [5.74, 6) is -0.474. The fraction of sp³-hybridized carbons (Fsp3) is 0.237. The van der Waals surface area contributed by atoms with Gasteiger partial charge in [-0.05, 0) is 107 Å². The van der Waals surface area contributed by atoms with Gasteiger partial charge in [0.1, 0.15) is 28.5 Å². The third-order valence-electron chi connectivity index (χ3n) is 10.0. The number of ketones is 2. The number of azo groups is 1. The Labute approximate surface area is 484 Å². The van der Waals surface area contributed by atoms with Gasteiger partial charge >= 0.3 is 35.5 Å². The van der Waals surface area contributed by atoms with Crippen molar-refractivity contribution in [3.05, 3.63) is 214 Å². The molecule has 4 N–H and O–H groups in total. The fourth-order valence-electron chi connectivity index (χ4n) is 6.55. The van der Waals surface area contributed by atoms with Crippen molar-refractivity contribution in [2.24, 2.45) is 15.6 Å². The van der Waals surface area contributed by atoms with E-state index < -0.39 is 5.60 Å². The van der Waals surface area contributed by atoms with Crippen molar-refractivity contribution in [2.45, 2.75) is 66.9 Å². The van der Waals surface area contributed by atoms with Gasteiger partial charge in [0.2, 0.25) is 11.8 Å². The van der Waals surface area contributed by atoms with Crippen LogP contribution in [-0.2, 0) is 38.4 Å². The summed E-state index contributed by atoms with van der Waals surface area (Å²) in [4.78, 5) is 66.9. The van der Waals surface area contributed by atoms with Gasteiger partial charge in [0.15, 0.2) is 17.3 Å². The Morgan fingerprint density at radius 3 is 1.53 bits per heavy atom. The Hall–Kier alpha value is -7.96. The predicted molar refractivity (Wildman–Crippen MR) is 302 cm³/mol. The number of carbonyl (C=O) groups excluding carboxylic acids is 5. The third kappa shape index (κ3) is 25.7. The zero-order chi connectivity index (χ0) is 55.2. The zero-order valence-corrected chi connectivity index (χ0v) is 46.8. The fourth-order valence-corrected chi connectivity index (χ4v) is 6.55.